The zero-order valence-electron chi connectivity index (χ0n) is 17.0. The lowest BCUT2D eigenvalue weighted by atomic mass is 10.1. The standard InChI is InChI=1S/C21H28N4O2S/c1-14-15(2)23-21(24-19(14)25(3)4)28-13-16-7-9-17(10-8-16)20(26)22-12-18-6-5-11-27-18/h7-10,18H,5-6,11-13H2,1-4H3,(H,22,26)/t18-/m1/s1. The van der Waals surface area contributed by atoms with Crippen LogP contribution in [-0.4, -0.2) is 49.2 Å². The van der Waals surface area contributed by atoms with Gasteiger partial charge in [0.1, 0.15) is 5.82 Å². The van der Waals surface area contributed by atoms with E-state index in [-0.39, 0.29) is 12.0 Å². The summed E-state index contributed by atoms with van der Waals surface area (Å²) in [5.41, 5.74) is 3.91. The summed E-state index contributed by atoms with van der Waals surface area (Å²) in [6.07, 6.45) is 2.25. The third-order valence-electron chi connectivity index (χ3n) is 4.86. The third kappa shape index (κ3) is 5.23. The molecule has 1 amide bonds. The molecule has 0 bridgehead atoms. The van der Waals surface area contributed by atoms with Crippen molar-refractivity contribution in [2.24, 2.45) is 0 Å². The highest BCUT2D eigenvalue weighted by Gasteiger charge is 2.16. The number of thioether (sulfide) groups is 1. The molecule has 1 fully saturated rings. The fraction of sp³-hybridized carbons (Fsp3) is 0.476. The highest BCUT2D eigenvalue weighted by Crippen LogP contribution is 2.25. The van der Waals surface area contributed by atoms with Gasteiger partial charge in [0.25, 0.3) is 5.91 Å². The molecule has 1 aliphatic rings. The summed E-state index contributed by atoms with van der Waals surface area (Å²) >= 11 is 1.60. The first-order chi connectivity index (χ1) is 13.4. The van der Waals surface area contributed by atoms with Gasteiger partial charge in [-0.15, -0.1) is 0 Å². The van der Waals surface area contributed by atoms with E-state index in [0.29, 0.717) is 12.1 Å². The second kappa shape index (κ2) is 9.39. The molecule has 1 aromatic heterocycles. The largest absolute Gasteiger partial charge is 0.376 e. The Hall–Kier alpha value is -2.12. The molecule has 1 aromatic carbocycles. The van der Waals surface area contributed by atoms with Crippen LogP contribution in [0, 0.1) is 13.8 Å². The fourth-order valence-electron chi connectivity index (χ4n) is 3.10. The average molecular weight is 401 g/mol. The molecule has 6 nitrogen and oxygen atoms in total. The molecule has 28 heavy (non-hydrogen) atoms. The van der Waals surface area contributed by atoms with Gasteiger partial charge in [0, 0.05) is 49.8 Å². The Bertz CT molecular complexity index is 818. The normalized spacial score (nSPS) is 16.2. The highest BCUT2D eigenvalue weighted by molar-refractivity contribution is 7.98. The zero-order chi connectivity index (χ0) is 20.1. The average Bonchev–Trinajstić information content (AvgIpc) is 3.20. The summed E-state index contributed by atoms with van der Waals surface area (Å²) in [6, 6.07) is 7.71. The summed E-state index contributed by atoms with van der Waals surface area (Å²) in [5.74, 6) is 1.66. The minimum absolute atomic E-state index is 0.0529. The van der Waals surface area contributed by atoms with Gasteiger partial charge >= 0.3 is 0 Å². The summed E-state index contributed by atoms with van der Waals surface area (Å²) in [4.78, 5) is 23.5. The van der Waals surface area contributed by atoms with Crippen LogP contribution in [0.4, 0.5) is 5.82 Å². The van der Waals surface area contributed by atoms with Crippen LogP contribution in [0.15, 0.2) is 29.4 Å². The van der Waals surface area contributed by atoms with Crippen molar-refractivity contribution in [1.29, 1.82) is 0 Å². The lowest BCUT2D eigenvalue weighted by Crippen LogP contribution is -2.31. The molecule has 2 aromatic rings. The number of carbonyl (C=O) groups excluding carboxylic acids is 1. The predicted molar refractivity (Wildman–Crippen MR) is 113 cm³/mol. The van der Waals surface area contributed by atoms with Crippen molar-refractivity contribution >= 4 is 23.5 Å². The minimum atomic E-state index is -0.0529. The van der Waals surface area contributed by atoms with Gasteiger partial charge in [0.2, 0.25) is 0 Å². The van der Waals surface area contributed by atoms with E-state index in [9.17, 15) is 4.79 Å². The van der Waals surface area contributed by atoms with Crippen LogP contribution in [0.2, 0.25) is 0 Å². The van der Waals surface area contributed by atoms with Crippen LogP contribution in [0.5, 0.6) is 0 Å². The lowest BCUT2D eigenvalue weighted by Gasteiger charge is -2.16. The molecule has 1 atom stereocenters. The summed E-state index contributed by atoms with van der Waals surface area (Å²) < 4.78 is 5.54. The Morgan fingerprint density at radius 3 is 2.64 bits per heavy atom. The third-order valence-corrected chi connectivity index (χ3v) is 5.78. The number of amides is 1. The Kier molecular flexibility index (Phi) is 6.91. The van der Waals surface area contributed by atoms with Crippen LogP contribution in [0.25, 0.3) is 0 Å². The smallest absolute Gasteiger partial charge is 0.251 e. The number of nitrogens with one attached hydrogen (secondary N) is 1. The van der Waals surface area contributed by atoms with Gasteiger partial charge in [-0.25, -0.2) is 9.97 Å². The SMILES string of the molecule is Cc1nc(SCc2ccc(C(=O)NC[C@H]3CCCO3)cc2)nc(N(C)C)c1C. The molecule has 1 N–H and O–H groups in total. The molecular weight excluding hydrogens is 372 g/mol. The molecule has 0 aliphatic carbocycles. The molecule has 7 heteroatoms. The first-order valence-electron chi connectivity index (χ1n) is 9.58. The van der Waals surface area contributed by atoms with Crippen molar-refractivity contribution in [2.45, 2.75) is 43.7 Å². The number of hydrogen-bond donors (Lipinski definition) is 1. The number of carbonyl (C=O) groups is 1. The Morgan fingerprint density at radius 2 is 2.00 bits per heavy atom. The van der Waals surface area contributed by atoms with Gasteiger partial charge in [0.05, 0.1) is 6.10 Å². The number of benzene rings is 1. The van der Waals surface area contributed by atoms with E-state index in [0.717, 1.165) is 53.0 Å². The van der Waals surface area contributed by atoms with E-state index >= 15 is 0 Å². The molecule has 0 radical (unpaired) electrons. The summed E-state index contributed by atoms with van der Waals surface area (Å²) in [6.45, 7) is 5.43. The number of hydrogen-bond acceptors (Lipinski definition) is 6. The van der Waals surface area contributed by atoms with Crippen molar-refractivity contribution in [1.82, 2.24) is 15.3 Å². The summed E-state index contributed by atoms with van der Waals surface area (Å²) in [5, 5.41) is 3.72. The van der Waals surface area contributed by atoms with Gasteiger partial charge in [-0.1, -0.05) is 23.9 Å². The van der Waals surface area contributed by atoms with Crippen LogP contribution < -0.4 is 10.2 Å². The van der Waals surface area contributed by atoms with E-state index < -0.39 is 0 Å². The highest BCUT2D eigenvalue weighted by atomic mass is 32.2. The zero-order valence-corrected chi connectivity index (χ0v) is 17.8. The maximum absolute atomic E-state index is 12.3. The van der Waals surface area contributed by atoms with E-state index in [2.05, 4.69) is 15.3 Å². The molecule has 1 aliphatic heterocycles. The molecule has 0 spiro atoms. The number of rotatable bonds is 7. The molecule has 150 valence electrons. The van der Waals surface area contributed by atoms with E-state index in [1.54, 1.807) is 11.8 Å². The summed E-state index contributed by atoms with van der Waals surface area (Å²) in [7, 11) is 3.98. The van der Waals surface area contributed by atoms with Crippen molar-refractivity contribution < 1.29 is 9.53 Å². The van der Waals surface area contributed by atoms with Gasteiger partial charge in [0.15, 0.2) is 5.16 Å². The van der Waals surface area contributed by atoms with Gasteiger partial charge in [-0.2, -0.15) is 0 Å². The lowest BCUT2D eigenvalue weighted by molar-refractivity contribution is 0.0858. The maximum Gasteiger partial charge on any atom is 0.251 e. The predicted octanol–water partition coefficient (Wildman–Crippen LogP) is 3.36. The second-order valence-electron chi connectivity index (χ2n) is 7.27. The van der Waals surface area contributed by atoms with Gasteiger partial charge in [-0.05, 0) is 44.4 Å². The molecule has 1 saturated heterocycles. The minimum Gasteiger partial charge on any atom is -0.376 e. The molecule has 2 heterocycles. The molecule has 3 rings (SSSR count). The number of aryl methyl sites for hydroxylation is 1. The number of ether oxygens (including phenoxy) is 1. The first kappa shape index (κ1) is 20.6. The van der Waals surface area contributed by atoms with E-state index in [4.69, 9.17) is 4.74 Å². The van der Waals surface area contributed by atoms with Crippen LogP contribution >= 0.6 is 11.8 Å². The van der Waals surface area contributed by atoms with Crippen molar-refractivity contribution in [3.8, 4) is 0 Å². The second-order valence-corrected chi connectivity index (χ2v) is 8.21. The van der Waals surface area contributed by atoms with E-state index in [1.165, 1.54) is 0 Å². The quantitative estimate of drug-likeness (QED) is 0.568. The van der Waals surface area contributed by atoms with Gasteiger partial charge < -0.3 is 15.0 Å². The monoisotopic (exact) mass is 400 g/mol. The van der Waals surface area contributed by atoms with Crippen LogP contribution in [-0.2, 0) is 10.5 Å². The number of aromatic nitrogens is 2. The van der Waals surface area contributed by atoms with Crippen molar-refractivity contribution in [3.05, 3.63) is 46.6 Å². The maximum atomic E-state index is 12.3. The fourth-order valence-corrected chi connectivity index (χ4v) is 3.94. The van der Waals surface area contributed by atoms with Crippen molar-refractivity contribution in [3.63, 3.8) is 0 Å². The Morgan fingerprint density at radius 1 is 1.25 bits per heavy atom. The molecular formula is C21H28N4O2S. The molecule has 0 saturated carbocycles. The van der Waals surface area contributed by atoms with Crippen molar-refractivity contribution in [2.75, 3.05) is 32.1 Å². The van der Waals surface area contributed by atoms with Crippen LogP contribution in [0.3, 0.4) is 0 Å². The number of nitrogens with zero attached hydrogens (tertiary/aromatic N) is 3. The van der Waals surface area contributed by atoms with Crippen LogP contribution in [0.1, 0.15) is 40.0 Å². The number of anilines is 1. The molecule has 0 unspecified atom stereocenters. The topological polar surface area (TPSA) is 67.3 Å². The Labute approximate surface area is 171 Å². The first-order valence-corrected chi connectivity index (χ1v) is 10.6. The Balaban J connectivity index is 1.56. The van der Waals surface area contributed by atoms with E-state index in [1.807, 2.05) is 57.1 Å². The van der Waals surface area contributed by atoms with Gasteiger partial charge in [-0.3, -0.25) is 4.79 Å².